The Bertz CT molecular complexity index is 1460. The number of rotatable bonds is 9. The van der Waals surface area contributed by atoms with Crippen molar-refractivity contribution in [3.63, 3.8) is 0 Å². The van der Waals surface area contributed by atoms with Crippen LogP contribution in [0, 0.1) is 12.3 Å². The van der Waals surface area contributed by atoms with Gasteiger partial charge in [0.1, 0.15) is 24.0 Å². The Morgan fingerprint density at radius 2 is 1.74 bits per heavy atom. The van der Waals surface area contributed by atoms with Crippen LogP contribution in [0.4, 0.5) is 0 Å². The van der Waals surface area contributed by atoms with Gasteiger partial charge in [0.25, 0.3) is 5.91 Å². The summed E-state index contributed by atoms with van der Waals surface area (Å²) in [5, 5.41) is 17.6. The van der Waals surface area contributed by atoms with E-state index in [-0.39, 0.29) is 18.0 Å². The number of thiophene rings is 1. The number of hydrogen-bond donors (Lipinski definition) is 1. The van der Waals surface area contributed by atoms with Crippen LogP contribution in [0.3, 0.4) is 0 Å². The summed E-state index contributed by atoms with van der Waals surface area (Å²) >= 11 is 2.81. The van der Waals surface area contributed by atoms with Gasteiger partial charge in [0, 0.05) is 0 Å². The molecule has 38 heavy (non-hydrogen) atoms. The van der Waals surface area contributed by atoms with E-state index >= 15 is 0 Å². The number of carbonyl (C=O) groups excluding carboxylic acids is 1. The molecule has 1 N–H and O–H groups in total. The highest BCUT2D eigenvalue weighted by molar-refractivity contribution is 8.27. The molecule has 0 saturated heterocycles. The van der Waals surface area contributed by atoms with Gasteiger partial charge in [-0.05, 0) is 65.5 Å². The van der Waals surface area contributed by atoms with Crippen LogP contribution < -0.4 is 18.9 Å². The number of nitrogens with zero attached hydrogens (tertiary/aromatic N) is 3. The molecule has 5 rings (SSSR count). The van der Waals surface area contributed by atoms with Crippen LogP contribution in [0.2, 0.25) is 0 Å². The standard InChI is InChI=1S/C27H24N4O5S2/c1-16-7-4-5-8-19(16)35-10-11-36-23-20(33-2)14-17(15-21(23)34-3)13-18-24(28)31-27(29-25(18)32)38-26(30-31)22-9-6-12-37-22/h4-9,12-15,28H,10-11H2,1-3H3. The number of ether oxygens (including phenoxy) is 4. The average molecular weight is 549 g/mol. The molecule has 0 radical (unpaired) electrons. The number of methoxy groups -OCH3 is 2. The van der Waals surface area contributed by atoms with Crippen LogP contribution in [-0.4, -0.2) is 54.4 Å². The Labute approximate surface area is 227 Å². The fourth-order valence-corrected chi connectivity index (χ4v) is 5.48. The summed E-state index contributed by atoms with van der Waals surface area (Å²) in [4.78, 5) is 18.0. The maximum absolute atomic E-state index is 12.9. The Kier molecular flexibility index (Phi) is 7.47. The number of aryl methyl sites for hydroxylation is 1. The summed E-state index contributed by atoms with van der Waals surface area (Å²) in [6.45, 7) is 2.58. The van der Waals surface area contributed by atoms with Crippen molar-refractivity contribution >= 4 is 51.1 Å². The van der Waals surface area contributed by atoms with Gasteiger partial charge in [-0.25, -0.2) is 0 Å². The topological polar surface area (TPSA) is 106 Å². The lowest BCUT2D eigenvalue weighted by Crippen LogP contribution is -2.35. The molecule has 0 unspecified atom stereocenters. The fraction of sp³-hybridized carbons (Fsp3) is 0.185. The number of hydrazone groups is 1. The molecule has 0 aliphatic carbocycles. The second kappa shape index (κ2) is 11.1. The summed E-state index contributed by atoms with van der Waals surface area (Å²) in [6.07, 6.45) is 1.57. The van der Waals surface area contributed by atoms with Gasteiger partial charge in [-0.15, -0.1) is 11.3 Å². The first-order valence-corrected chi connectivity index (χ1v) is 13.3. The van der Waals surface area contributed by atoms with Crippen molar-refractivity contribution in [3.05, 3.63) is 75.5 Å². The molecule has 3 aromatic rings. The van der Waals surface area contributed by atoms with E-state index in [2.05, 4.69) is 10.1 Å². The number of amidine groups is 2. The molecule has 0 atom stereocenters. The summed E-state index contributed by atoms with van der Waals surface area (Å²) < 4.78 is 22.9. The van der Waals surface area contributed by atoms with Crippen molar-refractivity contribution < 1.29 is 23.7 Å². The number of para-hydroxylation sites is 1. The Morgan fingerprint density at radius 1 is 1.00 bits per heavy atom. The lowest BCUT2D eigenvalue weighted by Gasteiger charge is -2.20. The van der Waals surface area contributed by atoms with Gasteiger partial charge in [0.05, 0.1) is 24.7 Å². The van der Waals surface area contributed by atoms with E-state index in [4.69, 9.17) is 24.4 Å². The molecule has 3 heterocycles. The Hall–Kier alpha value is -4.09. The summed E-state index contributed by atoms with van der Waals surface area (Å²) in [5.74, 6) is 1.48. The molecule has 0 saturated carbocycles. The largest absolute Gasteiger partial charge is 0.493 e. The maximum atomic E-state index is 12.9. The van der Waals surface area contributed by atoms with E-state index < -0.39 is 5.91 Å². The molecule has 0 bridgehead atoms. The first-order chi connectivity index (χ1) is 18.5. The highest BCUT2D eigenvalue weighted by Crippen LogP contribution is 2.40. The molecule has 1 amide bonds. The van der Waals surface area contributed by atoms with E-state index in [9.17, 15) is 4.79 Å². The molecule has 1 aromatic heterocycles. The zero-order valence-corrected chi connectivity index (χ0v) is 22.5. The predicted octanol–water partition coefficient (Wildman–Crippen LogP) is 5.20. The van der Waals surface area contributed by atoms with Crippen molar-refractivity contribution in [2.45, 2.75) is 6.92 Å². The van der Waals surface area contributed by atoms with Gasteiger partial charge in [-0.1, -0.05) is 24.3 Å². The van der Waals surface area contributed by atoms with Crippen molar-refractivity contribution in [2.24, 2.45) is 10.1 Å². The predicted molar refractivity (Wildman–Crippen MR) is 150 cm³/mol. The van der Waals surface area contributed by atoms with Crippen LogP contribution in [0.25, 0.3) is 6.08 Å². The highest BCUT2D eigenvalue weighted by atomic mass is 32.2. The fourth-order valence-electron chi connectivity index (χ4n) is 3.80. The third-order valence-electron chi connectivity index (χ3n) is 5.66. The molecular weight excluding hydrogens is 524 g/mol. The Morgan fingerprint density at radius 3 is 2.42 bits per heavy atom. The Balaban J connectivity index is 1.35. The van der Waals surface area contributed by atoms with Crippen molar-refractivity contribution in [1.82, 2.24) is 5.01 Å². The van der Waals surface area contributed by atoms with Crippen LogP contribution in [0.15, 0.2) is 69.6 Å². The minimum absolute atomic E-state index is 0.0503. The number of benzene rings is 2. The van der Waals surface area contributed by atoms with Crippen molar-refractivity contribution in [2.75, 3.05) is 27.4 Å². The van der Waals surface area contributed by atoms with Crippen LogP contribution in [0.5, 0.6) is 23.0 Å². The SMILES string of the molecule is COc1cc(C=C2C(=N)N3N=C(c4cccs4)SC3=NC2=O)cc(OC)c1OCCOc1ccccc1C. The van der Waals surface area contributed by atoms with Gasteiger partial charge in [-0.2, -0.15) is 15.1 Å². The molecule has 0 fully saturated rings. The third-order valence-corrected chi connectivity index (χ3v) is 7.61. The van der Waals surface area contributed by atoms with E-state index in [1.54, 1.807) is 18.2 Å². The van der Waals surface area contributed by atoms with Gasteiger partial charge in [0.2, 0.25) is 10.9 Å². The number of fused-ring (bicyclic) bond motifs is 1. The molecule has 9 nitrogen and oxygen atoms in total. The lowest BCUT2D eigenvalue weighted by molar-refractivity contribution is -0.114. The van der Waals surface area contributed by atoms with E-state index in [1.165, 1.54) is 42.3 Å². The highest BCUT2D eigenvalue weighted by Gasteiger charge is 2.36. The molecule has 11 heteroatoms. The molecular formula is C27H24N4O5S2. The molecule has 2 aromatic carbocycles. The zero-order chi connectivity index (χ0) is 26.6. The van der Waals surface area contributed by atoms with Crippen molar-refractivity contribution in [3.8, 4) is 23.0 Å². The van der Waals surface area contributed by atoms with E-state index in [0.717, 1.165) is 16.2 Å². The van der Waals surface area contributed by atoms with Gasteiger partial charge >= 0.3 is 0 Å². The third kappa shape index (κ3) is 5.15. The number of nitrogens with one attached hydrogen (secondary N) is 1. The van der Waals surface area contributed by atoms with E-state index in [1.807, 2.05) is 48.7 Å². The number of hydrogen-bond acceptors (Lipinski definition) is 9. The molecule has 194 valence electrons. The minimum atomic E-state index is -0.511. The lowest BCUT2D eigenvalue weighted by atomic mass is 10.1. The minimum Gasteiger partial charge on any atom is -0.493 e. The maximum Gasteiger partial charge on any atom is 0.283 e. The molecule has 2 aliphatic rings. The van der Waals surface area contributed by atoms with E-state index in [0.29, 0.717) is 39.6 Å². The van der Waals surface area contributed by atoms with Gasteiger partial charge in [0.15, 0.2) is 17.3 Å². The quantitative estimate of drug-likeness (QED) is 0.289. The summed E-state index contributed by atoms with van der Waals surface area (Å²) in [5.41, 5.74) is 1.73. The first-order valence-electron chi connectivity index (χ1n) is 11.6. The normalized spacial score (nSPS) is 15.8. The zero-order valence-electron chi connectivity index (χ0n) is 20.9. The second-order valence-electron chi connectivity index (χ2n) is 8.12. The number of aliphatic imine (C=N–C) groups is 1. The average Bonchev–Trinajstić information content (AvgIpc) is 3.60. The second-order valence-corrected chi connectivity index (χ2v) is 10.0. The molecule has 0 spiro atoms. The van der Waals surface area contributed by atoms with Crippen molar-refractivity contribution in [1.29, 1.82) is 5.41 Å². The molecule has 2 aliphatic heterocycles. The number of amides is 1. The smallest absolute Gasteiger partial charge is 0.283 e. The van der Waals surface area contributed by atoms with Gasteiger partial charge in [-0.3, -0.25) is 10.2 Å². The van der Waals surface area contributed by atoms with Crippen LogP contribution in [-0.2, 0) is 4.79 Å². The first kappa shape index (κ1) is 25.6. The summed E-state index contributed by atoms with van der Waals surface area (Å²) in [6, 6.07) is 15.1. The van der Waals surface area contributed by atoms with Crippen LogP contribution >= 0.6 is 23.1 Å². The monoisotopic (exact) mass is 548 g/mol. The van der Waals surface area contributed by atoms with Gasteiger partial charge < -0.3 is 18.9 Å². The van der Waals surface area contributed by atoms with Crippen LogP contribution in [0.1, 0.15) is 16.0 Å². The number of carbonyl (C=O) groups is 1. The summed E-state index contributed by atoms with van der Waals surface area (Å²) in [7, 11) is 3.05. The number of thioether (sulfide) groups is 1.